The van der Waals surface area contributed by atoms with Gasteiger partial charge in [0.15, 0.2) is 12.3 Å². The van der Waals surface area contributed by atoms with Gasteiger partial charge in [-0.1, -0.05) is 134 Å². The number of fused-ring (bicyclic) bond motifs is 7. The van der Waals surface area contributed by atoms with Crippen molar-refractivity contribution in [3.05, 3.63) is 193 Å². The van der Waals surface area contributed by atoms with Crippen LogP contribution in [0.5, 0.6) is 0 Å². The van der Waals surface area contributed by atoms with Crippen LogP contribution in [0.3, 0.4) is 0 Å². The molecule has 0 spiro atoms. The van der Waals surface area contributed by atoms with Gasteiger partial charge in [-0.3, -0.25) is 4.90 Å². The Kier molecular flexibility index (Phi) is 6.76. The molecule has 6 atom stereocenters. The minimum atomic E-state index is 0.201. The van der Waals surface area contributed by atoms with Gasteiger partial charge < -0.3 is 9.13 Å². The molecule has 3 heterocycles. The van der Waals surface area contributed by atoms with Crippen LogP contribution in [0.15, 0.2) is 188 Å². The van der Waals surface area contributed by atoms with Gasteiger partial charge in [0.2, 0.25) is 0 Å². The molecular formula is C48H39N4+. The molecule has 2 N–H and O–H groups in total. The van der Waals surface area contributed by atoms with Crippen molar-refractivity contribution in [1.82, 2.24) is 14.5 Å². The van der Waals surface area contributed by atoms with E-state index in [0.717, 1.165) is 6.42 Å². The maximum Gasteiger partial charge on any atom is 0.177 e. The van der Waals surface area contributed by atoms with E-state index in [1.54, 1.807) is 0 Å². The molecule has 11 rings (SSSR count). The van der Waals surface area contributed by atoms with E-state index in [9.17, 15) is 0 Å². The van der Waals surface area contributed by atoms with Gasteiger partial charge in [0, 0.05) is 50.3 Å². The Bertz CT molecular complexity index is 2720. The summed E-state index contributed by atoms with van der Waals surface area (Å²) >= 11 is 0. The maximum absolute atomic E-state index is 4.01. The van der Waals surface area contributed by atoms with E-state index in [2.05, 4.69) is 197 Å². The molecule has 2 aromatic heterocycles. The number of rotatable bonds is 5. The first-order chi connectivity index (χ1) is 25.8. The molecule has 250 valence electrons. The minimum Gasteiger partial charge on any atom is -0.312 e. The average Bonchev–Trinajstić information content (AvgIpc) is 3.70. The highest BCUT2D eigenvalue weighted by Gasteiger charge is 2.51. The number of allylic oxidation sites excluding steroid dienone is 10. The van der Waals surface area contributed by atoms with Crippen LogP contribution in [-0.2, 0) is 0 Å². The third kappa shape index (κ3) is 4.41. The first kappa shape index (κ1) is 29.8. The lowest BCUT2D eigenvalue weighted by Gasteiger charge is -2.51. The molecule has 7 aromatic rings. The number of nitrogens with zero attached hydrogens (tertiary/aromatic N) is 2. The van der Waals surface area contributed by atoms with Crippen molar-refractivity contribution >= 4 is 49.3 Å². The summed E-state index contributed by atoms with van der Waals surface area (Å²) < 4.78 is 5.00. The number of quaternary nitrogens is 1. The largest absolute Gasteiger partial charge is 0.312 e. The molecule has 4 heteroatoms. The summed E-state index contributed by atoms with van der Waals surface area (Å²) in [6, 6.07) is 44.5. The summed E-state index contributed by atoms with van der Waals surface area (Å²) in [6.45, 7) is 0. The molecule has 0 amide bonds. The van der Waals surface area contributed by atoms with Gasteiger partial charge >= 0.3 is 0 Å². The standard InChI is InChI=1S/C48H38N4/c1-4-16-32(17-5-1)47-49-48(33-18-6-2-7-19-33)52(47)44-29-28-43(35-22-10-11-23-36(35)44)51-42-27-15-13-25-38(42)40-30-39-37-24-12-14-26-41(37)50(45(39)31-46(40)51)34-20-8-3-9-21-34/h1-18,20-31,33,35-36,47-49H,19H2/p+1. The van der Waals surface area contributed by atoms with Crippen molar-refractivity contribution in [2.24, 2.45) is 17.8 Å². The SMILES string of the molecule is C1=CCC(C2NC(c3ccccc3)[NH+]2C2=CC=C(n3c4ccccc4c4cc5c6ccccc6n(-c6ccccc6)c5cc43)C3C=CC=CC23)C=C1. The molecular weight excluding hydrogens is 633 g/mol. The van der Waals surface area contributed by atoms with Crippen molar-refractivity contribution < 1.29 is 4.90 Å². The van der Waals surface area contributed by atoms with E-state index in [0.29, 0.717) is 12.1 Å². The fourth-order valence-corrected chi connectivity index (χ4v) is 9.57. The van der Waals surface area contributed by atoms with E-state index in [1.807, 2.05) is 0 Å². The number of hydrogen-bond donors (Lipinski definition) is 2. The molecule has 6 unspecified atom stereocenters. The minimum absolute atomic E-state index is 0.201. The van der Waals surface area contributed by atoms with Crippen LogP contribution in [0.2, 0.25) is 0 Å². The second-order valence-corrected chi connectivity index (χ2v) is 14.6. The highest BCUT2D eigenvalue weighted by molar-refractivity contribution is 6.19. The molecule has 1 aliphatic heterocycles. The zero-order valence-electron chi connectivity index (χ0n) is 28.8. The van der Waals surface area contributed by atoms with Gasteiger partial charge in [0.25, 0.3) is 0 Å². The number of nitrogens with one attached hydrogen (secondary N) is 2. The lowest BCUT2D eigenvalue weighted by molar-refractivity contribution is -0.984. The van der Waals surface area contributed by atoms with Gasteiger partial charge in [-0.2, -0.15) is 0 Å². The second-order valence-electron chi connectivity index (χ2n) is 14.6. The van der Waals surface area contributed by atoms with Crippen LogP contribution < -0.4 is 10.2 Å². The highest BCUT2D eigenvalue weighted by Crippen LogP contribution is 2.44. The molecule has 5 aromatic carbocycles. The van der Waals surface area contributed by atoms with Gasteiger partial charge in [-0.05, 0) is 55.0 Å². The van der Waals surface area contributed by atoms with E-state index in [-0.39, 0.29) is 18.0 Å². The third-order valence-corrected chi connectivity index (χ3v) is 11.9. The summed E-state index contributed by atoms with van der Waals surface area (Å²) in [5, 5.41) is 9.15. The Morgan fingerprint density at radius 1 is 0.538 bits per heavy atom. The Morgan fingerprint density at radius 2 is 1.17 bits per heavy atom. The fourth-order valence-electron chi connectivity index (χ4n) is 9.57. The highest BCUT2D eigenvalue weighted by atomic mass is 15.5. The number of para-hydroxylation sites is 3. The monoisotopic (exact) mass is 671 g/mol. The molecule has 52 heavy (non-hydrogen) atoms. The first-order valence-corrected chi connectivity index (χ1v) is 18.6. The summed E-state index contributed by atoms with van der Waals surface area (Å²) in [7, 11) is 0. The molecule has 1 saturated heterocycles. The maximum atomic E-state index is 4.01. The van der Waals surface area contributed by atoms with Crippen LogP contribution in [0.1, 0.15) is 18.2 Å². The molecule has 3 aliphatic carbocycles. The summed E-state index contributed by atoms with van der Waals surface area (Å²) in [6.07, 6.45) is 25.0. The van der Waals surface area contributed by atoms with Crippen molar-refractivity contribution in [2.45, 2.75) is 18.8 Å². The Hall–Kier alpha value is -5.94. The van der Waals surface area contributed by atoms with E-state index in [4.69, 9.17) is 0 Å². The Morgan fingerprint density at radius 3 is 1.90 bits per heavy atom. The number of benzene rings is 5. The van der Waals surface area contributed by atoms with Crippen molar-refractivity contribution in [2.75, 3.05) is 0 Å². The van der Waals surface area contributed by atoms with Gasteiger partial charge in [-0.15, -0.1) is 0 Å². The lowest BCUT2D eigenvalue weighted by atomic mass is 9.78. The molecule has 1 fully saturated rings. The van der Waals surface area contributed by atoms with E-state index in [1.165, 1.54) is 71.2 Å². The average molecular weight is 672 g/mol. The predicted molar refractivity (Wildman–Crippen MR) is 215 cm³/mol. The molecule has 4 nitrogen and oxygen atoms in total. The third-order valence-electron chi connectivity index (χ3n) is 11.9. The number of hydrogen-bond acceptors (Lipinski definition) is 1. The number of aromatic nitrogens is 2. The Balaban J connectivity index is 1.13. The Labute approximate surface area is 303 Å². The van der Waals surface area contributed by atoms with Crippen molar-refractivity contribution in [3.8, 4) is 5.69 Å². The fraction of sp³-hybridized carbons (Fsp3) is 0.125. The molecule has 0 radical (unpaired) electrons. The zero-order valence-corrected chi connectivity index (χ0v) is 28.8. The van der Waals surface area contributed by atoms with Crippen LogP contribution in [0.4, 0.5) is 0 Å². The van der Waals surface area contributed by atoms with Gasteiger partial charge in [-0.25, -0.2) is 5.32 Å². The normalized spacial score (nSPS) is 25.1. The zero-order chi connectivity index (χ0) is 34.2. The van der Waals surface area contributed by atoms with E-state index < -0.39 is 0 Å². The second kappa shape index (κ2) is 11.8. The lowest BCUT2D eigenvalue weighted by Crippen LogP contribution is -3.26. The quantitative estimate of drug-likeness (QED) is 0.187. The van der Waals surface area contributed by atoms with Crippen LogP contribution >= 0.6 is 0 Å². The summed E-state index contributed by atoms with van der Waals surface area (Å²) in [5.74, 6) is 0.894. The summed E-state index contributed by atoms with van der Waals surface area (Å²) in [4.78, 5) is 1.54. The molecule has 4 aliphatic rings. The smallest absolute Gasteiger partial charge is 0.177 e. The first-order valence-electron chi connectivity index (χ1n) is 18.6. The molecule has 0 saturated carbocycles. The van der Waals surface area contributed by atoms with Crippen LogP contribution in [-0.4, -0.2) is 15.3 Å². The predicted octanol–water partition coefficient (Wildman–Crippen LogP) is 9.63. The van der Waals surface area contributed by atoms with Crippen molar-refractivity contribution in [1.29, 1.82) is 0 Å². The summed E-state index contributed by atoms with van der Waals surface area (Å²) in [5.41, 5.74) is 10.3. The van der Waals surface area contributed by atoms with Crippen molar-refractivity contribution in [3.63, 3.8) is 0 Å². The van der Waals surface area contributed by atoms with E-state index >= 15 is 0 Å². The van der Waals surface area contributed by atoms with Gasteiger partial charge in [0.1, 0.15) is 5.70 Å². The van der Waals surface area contributed by atoms with Crippen LogP contribution in [0, 0.1) is 17.8 Å². The van der Waals surface area contributed by atoms with Gasteiger partial charge in [0.05, 0.1) is 28.0 Å². The topological polar surface area (TPSA) is 26.3 Å². The molecule has 0 bridgehead atoms. The van der Waals surface area contributed by atoms with Crippen LogP contribution in [0.25, 0.3) is 55.0 Å².